The van der Waals surface area contributed by atoms with Gasteiger partial charge < -0.3 is 14.4 Å². The molecule has 1 heterocycles. The Balaban J connectivity index is 1.75. The molecule has 4 rings (SSSR count). The fourth-order valence-corrected chi connectivity index (χ4v) is 5.03. The average Bonchev–Trinajstić information content (AvgIpc) is 3.02. The zero-order valence-electron chi connectivity index (χ0n) is 24.5. The largest absolute Gasteiger partial charge is 0.465 e. The molecule has 10 heteroatoms. The van der Waals surface area contributed by atoms with Gasteiger partial charge in [0.1, 0.15) is 19.3 Å². The third-order valence-electron chi connectivity index (χ3n) is 7.14. The number of aryl methyl sites for hydroxylation is 1. The van der Waals surface area contributed by atoms with Crippen LogP contribution in [0.4, 0.5) is 0 Å². The molecule has 1 amide bonds. The van der Waals surface area contributed by atoms with E-state index >= 15 is 0 Å². The van der Waals surface area contributed by atoms with Crippen molar-refractivity contribution in [1.29, 1.82) is 0 Å². The summed E-state index contributed by atoms with van der Waals surface area (Å²) in [4.78, 5) is 54.0. The van der Waals surface area contributed by atoms with Gasteiger partial charge in [-0.3, -0.25) is 29.3 Å². The maximum absolute atomic E-state index is 13.6. The standard InChI is InChI=1S/C33H36N4O6/c1-4-43-30(39)23-36(29(38)22-37-20-24(2)31(40)34-32(37)41)21-28(42-3)35-33(25-14-8-5-9-15-25,26-16-10-6-11-17-26)27-18-12-7-13-19-27/h5-20,28,35H,4,21-23H2,1-3H3,(H,34,40,41). The number of ether oxygens (including phenoxy) is 2. The number of rotatable bonds is 13. The summed E-state index contributed by atoms with van der Waals surface area (Å²) in [5.74, 6) is -1.13. The summed E-state index contributed by atoms with van der Waals surface area (Å²) < 4.78 is 12.2. The van der Waals surface area contributed by atoms with Gasteiger partial charge in [0.05, 0.1) is 18.7 Å². The quantitative estimate of drug-likeness (QED) is 0.141. The van der Waals surface area contributed by atoms with Crippen LogP contribution in [0.3, 0.4) is 0 Å². The number of aromatic amines is 1. The van der Waals surface area contributed by atoms with Crippen LogP contribution in [-0.4, -0.2) is 59.4 Å². The van der Waals surface area contributed by atoms with E-state index in [1.807, 2.05) is 91.0 Å². The van der Waals surface area contributed by atoms with Crippen molar-refractivity contribution in [2.75, 3.05) is 26.8 Å². The number of esters is 1. The number of methoxy groups -OCH3 is 1. The van der Waals surface area contributed by atoms with E-state index in [-0.39, 0.29) is 25.3 Å². The molecule has 0 aliphatic carbocycles. The first kappa shape index (κ1) is 31.1. The normalized spacial score (nSPS) is 12.0. The van der Waals surface area contributed by atoms with Crippen LogP contribution in [0, 0.1) is 6.92 Å². The van der Waals surface area contributed by atoms with Crippen molar-refractivity contribution in [1.82, 2.24) is 19.8 Å². The third kappa shape index (κ3) is 7.35. The minimum atomic E-state index is -0.907. The first-order valence-electron chi connectivity index (χ1n) is 14.0. The average molecular weight is 585 g/mol. The third-order valence-corrected chi connectivity index (χ3v) is 7.14. The number of benzene rings is 3. The van der Waals surface area contributed by atoms with E-state index in [2.05, 4.69) is 10.3 Å². The van der Waals surface area contributed by atoms with Crippen LogP contribution in [0.25, 0.3) is 0 Å². The summed E-state index contributed by atoms with van der Waals surface area (Å²) in [5.41, 5.74) is 0.932. The van der Waals surface area contributed by atoms with Crippen molar-refractivity contribution in [3.63, 3.8) is 0 Å². The highest BCUT2D eigenvalue weighted by molar-refractivity contribution is 5.82. The van der Waals surface area contributed by atoms with Gasteiger partial charge in [0.25, 0.3) is 5.56 Å². The zero-order valence-corrected chi connectivity index (χ0v) is 24.5. The maximum atomic E-state index is 13.6. The molecule has 0 saturated carbocycles. The highest BCUT2D eigenvalue weighted by atomic mass is 16.5. The van der Waals surface area contributed by atoms with Crippen LogP contribution in [0.15, 0.2) is 107 Å². The molecule has 0 aliphatic heterocycles. The van der Waals surface area contributed by atoms with Crippen molar-refractivity contribution in [3.05, 3.63) is 140 Å². The van der Waals surface area contributed by atoms with Crippen LogP contribution in [-0.2, 0) is 31.1 Å². The molecule has 0 saturated heterocycles. The van der Waals surface area contributed by atoms with E-state index in [1.54, 1.807) is 6.92 Å². The molecule has 2 N–H and O–H groups in total. The molecule has 10 nitrogen and oxygen atoms in total. The number of H-pyrrole nitrogens is 1. The second-order valence-electron chi connectivity index (χ2n) is 10.00. The molecule has 0 fully saturated rings. The van der Waals surface area contributed by atoms with Crippen molar-refractivity contribution in [2.24, 2.45) is 0 Å². The maximum Gasteiger partial charge on any atom is 0.328 e. The molecular weight excluding hydrogens is 548 g/mol. The second kappa shape index (κ2) is 14.4. The lowest BCUT2D eigenvalue weighted by molar-refractivity contribution is -0.150. The number of hydrogen-bond acceptors (Lipinski definition) is 7. The van der Waals surface area contributed by atoms with Crippen LogP contribution in [0.1, 0.15) is 29.2 Å². The summed E-state index contributed by atoms with van der Waals surface area (Å²) in [7, 11) is 1.52. The van der Waals surface area contributed by atoms with Crippen LogP contribution in [0.2, 0.25) is 0 Å². The number of nitrogens with one attached hydrogen (secondary N) is 2. The number of nitrogens with zero attached hydrogens (tertiary/aromatic N) is 2. The van der Waals surface area contributed by atoms with Gasteiger partial charge in [-0.25, -0.2) is 4.79 Å². The molecule has 0 aliphatic rings. The Labute approximate surface area is 249 Å². The number of aromatic nitrogens is 2. The van der Waals surface area contributed by atoms with Gasteiger partial charge >= 0.3 is 11.7 Å². The first-order chi connectivity index (χ1) is 20.8. The van der Waals surface area contributed by atoms with E-state index in [4.69, 9.17) is 9.47 Å². The molecule has 1 aromatic heterocycles. The minimum Gasteiger partial charge on any atom is -0.465 e. The van der Waals surface area contributed by atoms with Gasteiger partial charge in [-0.1, -0.05) is 91.0 Å². The molecule has 0 radical (unpaired) electrons. The Kier molecular flexibility index (Phi) is 10.4. The van der Waals surface area contributed by atoms with Gasteiger partial charge in [0.15, 0.2) is 0 Å². The fraction of sp³-hybridized carbons (Fsp3) is 0.273. The molecule has 3 aromatic carbocycles. The van der Waals surface area contributed by atoms with Crippen LogP contribution in [0.5, 0.6) is 0 Å². The lowest BCUT2D eigenvalue weighted by Crippen LogP contribution is -2.55. The monoisotopic (exact) mass is 584 g/mol. The van der Waals surface area contributed by atoms with Crippen molar-refractivity contribution >= 4 is 11.9 Å². The van der Waals surface area contributed by atoms with E-state index in [1.165, 1.54) is 25.1 Å². The SMILES string of the molecule is CCOC(=O)CN(CC(NC(c1ccccc1)(c1ccccc1)c1ccccc1)OC)C(=O)Cn1cc(C)c(=O)[nH]c1=O. The molecule has 1 atom stereocenters. The number of carbonyl (C=O) groups is 2. The Morgan fingerprint density at radius 3 is 1.88 bits per heavy atom. The van der Waals surface area contributed by atoms with E-state index < -0.39 is 41.4 Å². The second-order valence-corrected chi connectivity index (χ2v) is 10.00. The number of carbonyl (C=O) groups excluding carboxylic acids is 2. The first-order valence-corrected chi connectivity index (χ1v) is 14.0. The Morgan fingerprint density at radius 2 is 1.42 bits per heavy atom. The zero-order chi connectivity index (χ0) is 30.8. The Bertz CT molecular complexity index is 1520. The molecule has 43 heavy (non-hydrogen) atoms. The summed E-state index contributed by atoms with van der Waals surface area (Å²) in [6, 6.07) is 29.7. The Morgan fingerprint density at radius 1 is 0.907 bits per heavy atom. The van der Waals surface area contributed by atoms with E-state index in [9.17, 15) is 19.2 Å². The van der Waals surface area contributed by atoms with Crippen molar-refractivity contribution < 1.29 is 19.1 Å². The summed E-state index contributed by atoms with van der Waals surface area (Å²) >= 11 is 0. The predicted molar refractivity (Wildman–Crippen MR) is 162 cm³/mol. The molecule has 0 bridgehead atoms. The summed E-state index contributed by atoms with van der Waals surface area (Å²) in [5, 5.41) is 3.66. The van der Waals surface area contributed by atoms with Gasteiger partial charge in [-0.2, -0.15) is 0 Å². The summed E-state index contributed by atoms with van der Waals surface area (Å²) in [6.45, 7) is 2.55. The topological polar surface area (TPSA) is 123 Å². The number of amides is 1. The smallest absolute Gasteiger partial charge is 0.328 e. The van der Waals surface area contributed by atoms with Gasteiger partial charge in [-0.15, -0.1) is 0 Å². The van der Waals surface area contributed by atoms with Gasteiger partial charge in [0, 0.05) is 18.9 Å². The van der Waals surface area contributed by atoms with Crippen molar-refractivity contribution in [3.8, 4) is 0 Å². The Hall–Kier alpha value is -4.80. The lowest BCUT2D eigenvalue weighted by atomic mass is 9.77. The summed E-state index contributed by atoms with van der Waals surface area (Å²) in [6.07, 6.45) is 0.534. The van der Waals surface area contributed by atoms with E-state index in [0.717, 1.165) is 21.3 Å². The van der Waals surface area contributed by atoms with E-state index in [0.29, 0.717) is 0 Å². The molecule has 1 unspecified atom stereocenters. The molecular formula is C33H36N4O6. The lowest BCUT2D eigenvalue weighted by Gasteiger charge is -2.40. The minimum absolute atomic E-state index is 0.0561. The molecule has 4 aromatic rings. The van der Waals surface area contributed by atoms with Gasteiger partial charge in [-0.05, 0) is 30.5 Å². The van der Waals surface area contributed by atoms with Gasteiger partial charge in [0.2, 0.25) is 5.91 Å². The van der Waals surface area contributed by atoms with Crippen molar-refractivity contribution in [2.45, 2.75) is 32.2 Å². The molecule has 0 spiro atoms. The highest BCUT2D eigenvalue weighted by Gasteiger charge is 2.39. The highest BCUT2D eigenvalue weighted by Crippen LogP contribution is 2.37. The van der Waals surface area contributed by atoms with Crippen LogP contribution >= 0.6 is 0 Å². The molecule has 224 valence electrons. The van der Waals surface area contributed by atoms with Crippen LogP contribution < -0.4 is 16.6 Å². The fourth-order valence-electron chi connectivity index (χ4n) is 5.03. The number of hydrogen-bond donors (Lipinski definition) is 2. The predicted octanol–water partition coefficient (Wildman–Crippen LogP) is 2.79.